The molecule has 0 bridgehead atoms. The highest BCUT2D eigenvalue weighted by Gasteiger charge is 2.19. The smallest absolute Gasteiger partial charge is 0.120 e. The van der Waals surface area contributed by atoms with Crippen LogP contribution in [0.2, 0.25) is 0 Å². The molecule has 0 aliphatic heterocycles. The summed E-state index contributed by atoms with van der Waals surface area (Å²) in [5.74, 6) is 0.554. The Morgan fingerprint density at radius 2 is 2.36 bits per heavy atom. The third-order valence-electron chi connectivity index (χ3n) is 2.96. The summed E-state index contributed by atoms with van der Waals surface area (Å²) in [6.45, 7) is 0. The number of benzene rings is 1. The Morgan fingerprint density at radius 1 is 1.50 bits per heavy atom. The Kier molecular flexibility index (Phi) is 3.02. The van der Waals surface area contributed by atoms with Gasteiger partial charge < -0.3 is 4.79 Å². The van der Waals surface area contributed by atoms with E-state index in [1.54, 1.807) is 0 Å². The van der Waals surface area contributed by atoms with Gasteiger partial charge in [-0.1, -0.05) is 28.1 Å². The molecule has 14 heavy (non-hydrogen) atoms. The number of rotatable bonds is 2. The molecule has 0 amide bonds. The van der Waals surface area contributed by atoms with Crippen molar-refractivity contribution in [1.29, 1.82) is 0 Å². The monoisotopic (exact) mass is 252 g/mol. The Morgan fingerprint density at radius 3 is 3.14 bits per heavy atom. The van der Waals surface area contributed by atoms with Crippen molar-refractivity contribution in [3.63, 3.8) is 0 Å². The van der Waals surface area contributed by atoms with Crippen LogP contribution >= 0.6 is 15.9 Å². The molecular weight excluding hydrogens is 240 g/mol. The predicted octanol–water partition coefficient (Wildman–Crippen LogP) is 3.14. The zero-order chi connectivity index (χ0) is 9.97. The normalized spacial score (nSPS) is 20.2. The summed E-state index contributed by atoms with van der Waals surface area (Å²) < 4.78 is 1.20. The SMILES string of the molecule is O=CCC1CCc2cccc(Br)c2C1. The van der Waals surface area contributed by atoms with Gasteiger partial charge in [0.2, 0.25) is 0 Å². The highest BCUT2D eigenvalue weighted by atomic mass is 79.9. The summed E-state index contributed by atoms with van der Waals surface area (Å²) in [4.78, 5) is 10.5. The van der Waals surface area contributed by atoms with E-state index in [2.05, 4.69) is 34.1 Å². The maximum absolute atomic E-state index is 10.5. The maximum Gasteiger partial charge on any atom is 0.120 e. The largest absolute Gasteiger partial charge is 0.303 e. The van der Waals surface area contributed by atoms with Gasteiger partial charge in [-0.3, -0.25) is 0 Å². The first-order valence-electron chi connectivity index (χ1n) is 5.01. The standard InChI is InChI=1S/C12H13BrO/c13-12-3-1-2-10-5-4-9(6-7-14)8-11(10)12/h1-3,7,9H,4-6,8H2. The van der Waals surface area contributed by atoms with Gasteiger partial charge in [-0.25, -0.2) is 0 Å². The molecule has 1 atom stereocenters. The number of carbonyl (C=O) groups excluding carboxylic acids is 1. The number of hydrogen-bond acceptors (Lipinski definition) is 1. The summed E-state index contributed by atoms with van der Waals surface area (Å²) in [6, 6.07) is 6.36. The highest BCUT2D eigenvalue weighted by Crippen LogP contribution is 2.31. The van der Waals surface area contributed by atoms with Crippen molar-refractivity contribution in [2.75, 3.05) is 0 Å². The number of fused-ring (bicyclic) bond motifs is 1. The second-order valence-electron chi connectivity index (χ2n) is 3.89. The van der Waals surface area contributed by atoms with Gasteiger partial charge in [0.05, 0.1) is 0 Å². The first-order valence-corrected chi connectivity index (χ1v) is 5.80. The molecular formula is C12H13BrO. The highest BCUT2D eigenvalue weighted by molar-refractivity contribution is 9.10. The van der Waals surface area contributed by atoms with E-state index >= 15 is 0 Å². The number of halogens is 1. The summed E-state index contributed by atoms with van der Waals surface area (Å²) in [7, 11) is 0. The molecule has 2 heteroatoms. The second-order valence-corrected chi connectivity index (χ2v) is 4.74. The van der Waals surface area contributed by atoms with E-state index in [-0.39, 0.29) is 0 Å². The Balaban J connectivity index is 2.24. The summed E-state index contributed by atoms with van der Waals surface area (Å²) >= 11 is 3.57. The first kappa shape index (κ1) is 9.91. The third-order valence-corrected chi connectivity index (χ3v) is 3.70. The van der Waals surface area contributed by atoms with Crippen LogP contribution in [0.1, 0.15) is 24.0 Å². The van der Waals surface area contributed by atoms with Gasteiger partial charge in [-0.15, -0.1) is 0 Å². The van der Waals surface area contributed by atoms with Gasteiger partial charge in [0.1, 0.15) is 6.29 Å². The first-order chi connectivity index (χ1) is 6.81. The van der Waals surface area contributed by atoms with Crippen LogP contribution in [0, 0.1) is 5.92 Å². The lowest BCUT2D eigenvalue weighted by atomic mass is 9.82. The van der Waals surface area contributed by atoms with Crippen LogP contribution in [-0.4, -0.2) is 6.29 Å². The third kappa shape index (κ3) is 1.90. The number of aryl methyl sites for hydroxylation is 1. The van der Waals surface area contributed by atoms with Gasteiger partial charge >= 0.3 is 0 Å². The van der Waals surface area contributed by atoms with Crippen molar-refractivity contribution < 1.29 is 4.79 Å². The van der Waals surface area contributed by atoms with Crippen molar-refractivity contribution in [3.8, 4) is 0 Å². The van der Waals surface area contributed by atoms with E-state index in [0.717, 1.165) is 25.5 Å². The minimum Gasteiger partial charge on any atom is -0.303 e. The molecule has 0 saturated carbocycles. The molecule has 0 radical (unpaired) electrons. The quantitative estimate of drug-likeness (QED) is 0.740. The zero-order valence-corrected chi connectivity index (χ0v) is 9.59. The van der Waals surface area contributed by atoms with Gasteiger partial charge in [-0.05, 0) is 42.4 Å². The van der Waals surface area contributed by atoms with Crippen LogP contribution in [-0.2, 0) is 17.6 Å². The molecule has 2 rings (SSSR count). The van der Waals surface area contributed by atoms with Gasteiger partial charge in [0, 0.05) is 10.9 Å². The van der Waals surface area contributed by atoms with Crippen LogP contribution in [0.25, 0.3) is 0 Å². The lowest BCUT2D eigenvalue weighted by molar-refractivity contribution is -0.108. The van der Waals surface area contributed by atoms with Crippen LogP contribution in [0.5, 0.6) is 0 Å². The molecule has 1 aliphatic rings. The Labute approximate surface area is 92.6 Å². The minimum absolute atomic E-state index is 0.554. The van der Waals surface area contributed by atoms with Crippen LogP contribution in [0.15, 0.2) is 22.7 Å². The lowest BCUT2D eigenvalue weighted by Gasteiger charge is -2.23. The van der Waals surface area contributed by atoms with Crippen molar-refractivity contribution >= 4 is 22.2 Å². The average molecular weight is 253 g/mol. The van der Waals surface area contributed by atoms with Gasteiger partial charge in [0.25, 0.3) is 0 Å². The molecule has 0 saturated heterocycles. The molecule has 0 heterocycles. The summed E-state index contributed by atoms with van der Waals surface area (Å²) in [5, 5.41) is 0. The van der Waals surface area contributed by atoms with Crippen LogP contribution < -0.4 is 0 Å². The molecule has 1 aromatic carbocycles. The van der Waals surface area contributed by atoms with E-state index in [0.29, 0.717) is 12.3 Å². The zero-order valence-electron chi connectivity index (χ0n) is 8.00. The molecule has 74 valence electrons. The molecule has 1 nitrogen and oxygen atoms in total. The van der Waals surface area contributed by atoms with Gasteiger partial charge in [0.15, 0.2) is 0 Å². The molecule has 1 aromatic rings. The second kappa shape index (κ2) is 4.26. The fourth-order valence-corrected chi connectivity index (χ4v) is 2.72. The summed E-state index contributed by atoms with van der Waals surface area (Å²) in [5.41, 5.74) is 2.85. The van der Waals surface area contributed by atoms with Crippen molar-refractivity contribution in [3.05, 3.63) is 33.8 Å². The molecule has 0 N–H and O–H groups in total. The van der Waals surface area contributed by atoms with E-state index < -0.39 is 0 Å². The number of aldehydes is 1. The fourth-order valence-electron chi connectivity index (χ4n) is 2.15. The predicted molar refractivity (Wildman–Crippen MR) is 60.3 cm³/mol. The fraction of sp³-hybridized carbons (Fsp3) is 0.417. The maximum atomic E-state index is 10.5. The van der Waals surface area contributed by atoms with E-state index in [1.807, 2.05) is 0 Å². The minimum atomic E-state index is 0.554. The lowest BCUT2D eigenvalue weighted by Crippen LogP contribution is -2.15. The number of hydrogen-bond donors (Lipinski definition) is 0. The molecule has 1 aliphatic carbocycles. The topological polar surface area (TPSA) is 17.1 Å². The van der Waals surface area contributed by atoms with E-state index in [1.165, 1.54) is 15.6 Å². The van der Waals surface area contributed by atoms with E-state index in [9.17, 15) is 4.79 Å². The summed E-state index contributed by atoms with van der Waals surface area (Å²) in [6.07, 6.45) is 5.08. The van der Waals surface area contributed by atoms with Crippen molar-refractivity contribution in [2.24, 2.45) is 5.92 Å². The van der Waals surface area contributed by atoms with Crippen molar-refractivity contribution in [1.82, 2.24) is 0 Å². The Bertz CT molecular complexity index is 346. The molecule has 0 aromatic heterocycles. The molecule has 0 spiro atoms. The van der Waals surface area contributed by atoms with Crippen LogP contribution in [0.4, 0.5) is 0 Å². The molecule has 0 fully saturated rings. The van der Waals surface area contributed by atoms with Gasteiger partial charge in [-0.2, -0.15) is 0 Å². The van der Waals surface area contributed by atoms with Crippen LogP contribution in [0.3, 0.4) is 0 Å². The Hall–Kier alpha value is -0.630. The van der Waals surface area contributed by atoms with Crippen molar-refractivity contribution in [2.45, 2.75) is 25.7 Å². The van der Waals surface area contributed by atoms with E-state index in [4.69, 9.17) is 0 Å². The molecule has 1 unspecified atom stereocenters. The number of carbonyl (C=O) groups is 1. The average Bonchev–Trinajstić information content (AvgIpc) is 2.20.